The van der Waals surface area contributed by atoms with Crippen LogP contribution in [0.4, 0.5) is 27.3 Å². The van der Waals surface area contributed by atoms with E-state index in [-0.39, 0.29) is 11.3 Å². The number of amides is 1. The molecule has 0 bridgehead atoms. The van der Waals surface area contributed by atoms with Gasteiger partial charge in [0.25, 0.3) is 5.91 Å². The quantitative estimate of drug-likeness (QED) is 0.617. The summed E-state index contributed by atoms with van der Waals surface area (Å²) < 4.78 is 15.8. The minimum atomic E-state index is -0.867. The van der Waals surface area contributed by atoms with E-state index in [2.05, 4.69) is 20.7 Å². The van der Waals surface area contributed by atoms with E-state index in [4.69, 9.17) is 17.3 Å². The van der Waals surface area contributed by atoms with Gasteiger partial charge in [0, 0.05) is 19.3 Å². The molecule has 0 aliphatic heterocycles. The molecular formula is C18H18ClFN6O. The number of aromatic nitrogens is 3. The standard InChI is InChI=1S/C18H18ClFN6O/c1-9-4-5-12(20)16(18(21)27)17(9)24-13-6-15(22-7-11(13)19)23-14-8-26(3)25-10(14)2/h4-8H,1-3H3,(H2,21,27)(H2,22,23,24). The average Bonchev–Trinajstić information content (AvgIpc) is 2.91. The topological polar surface area (TPSA) is 97.9 Å². The number of primary amides is 1. The second-order valence-electron chi connectivity index (χ2n) is 6.08. The Morgan fingerprint density at radius 1 is 1.26 bits per heavy atom. The van der Waals surface area contributed by atoms with Gasteiger partial charge in [-0.15, -0.1) is 0 Å². The molecule has 1 aromatic carbocycles. The van der Waals surface area contributed by atoms with E-state index in [0.717, 1.165) is 11.4 Å². The van der Waals surface area contributed by atoms with Crippen LogP contribution in [0.3, 0.4) is 0 Å². The SMILES string of the molecule is Cc1ccc(F)c(C(N)=O)c1Nc1cc(Nc2cn(C)nc2C)ncc1Cl. The molecule has 1 amide bonds. The van der Waals surface area contributed by atoms with Crippen LogP contribution < -0.4 is 16.4 Å². The lowest BCUT2D eigenvalue weighted by atomic mass is 10.1. The highest BCUT2D eigenvalue weighted by Crippen LogP contribution is 2.32. The van der Waals surface area contributed by atoms with Gasteiger partial charge in [0.05, 0.1) is 39.5 Å². The first-order chi connectivity index (χ1) is 12.8. The van der Waals surface area contributed by atoms with Crippen molar-refractivity contribution in [1.82, 2.24) is 14.8 Å². The summed E-state index contributed by atoms with van der Waals surface area (Å²) in [4.78, 5) is 15.9. The van der Waals surface area contributed by atoms with Crippen LogP contribution in [0.15, 0.2) is 30.6 Å². The summed E-state index contributed by atoms with van der Waals surface area (Å²) in [6, 6.07) is 4.41. The number of halogens is 2. The summed E-state index contributed by atoms with van der Waals surface area (Å²) in [7, 11) is 1.82. The van der Waals surface area contributed by atoms with Crippen molar-refractivity contribution in [2.24, 2.45) is 12.8 Å². The van der Waals surface area contributed by atoms with Crippen molar-refractivity contribution in [2.75, 3.05) is 10.6 Å². The highest BCUT2D eigenvalue weighted by atomic mass is 35.5. The zero-order chi connectivity index (χ0) is 19.7. The fourth-order valence-electron chi connectivity index (χ4n) is 2.68. The van der Waals surface area contributed by atoms with Crippen molar-refractivity contribution < 1.29 is 9.18 Å². The molecule has 7 nitrogen and oxygen atoms in total. The minimum absolute atomic E-state index is 0.222. The van der Waals surface area contributed by atoms with E-state index in [9.17, 15) is 9.18 Å². The van der Waals surface area contributed by atoms with Crippen molar-refractivity contribution in [3.63, 3.8) is 0 Å². The molecular weight excluding hydrogens is 371 g/mol. The van der Waals surface area contributed by atoms with Gasteiger partial charge in [-0.1, -0.05) is 17.7 Å². The number of nitrogens with one attached hydrogen (secondary N) is 2. The van der Waals surface area contributed by atoms with Gasteiger partial charge in [0.1, 0.15) is 11.6 Å². The zero-order valence-electron chi connectivity index (χ0n) is 15.0. The average molecular weight is 389 g/mol. The highest BCUT2D eigenvalue weighted by molar-refractivity contribution is 6.33. The Hall–Kier alpha value is -3.13. The summed E-state index contributed by atoms with van der Waals surface area (Å²) in [6.07, 6.45) is 3.27. The summed E-state index contributed by atoms with van der Waals surface area (Å²) >= 11 is 6.23. The Morgan fingerprint density at radius 3 is 2.63 bits per heavy atom. The lowest BCUT2D eigenvalue weighted by Crippen LogP contribution is -2.16. The van der Waals surface area contributed by atoms with Crippen molar-refractivity contribution in [3.05, 3.63) is 58.3 Å². The molecule has 9 heteroatoms. The smallest absolute Gasteiger partial charge is 0.253 e. The van der Waals surface area contributed by atoms with E-state index in [0.29, 0.717) is 22.1 Å². The second kappa shape index (κ2) is 7.24. The number of carbonyl (C=O) groups is 1. The second-order valence-corrected chi connectivity index (χ2v) is 6.49. The van der Waals surface area contributed by atoms with Gasteiger partial charge < -0.3 is 16.4 Å². The van der Waals surface area contributed by atoms with Crippen LogP contribution in [-0.2, 0) is 7.05 Å². The number of anilines is 4. The molecule has 0 saturated heterocycles. The van der Waals surface area contributed by atoms with Gasteiger partial charge in [0.15, 0.2) is 0 Å². The summed E-state index contributed by atoms with van der Waals surface area (Å²) in [6.45, 7) is 3.61. The third-order valence-electron chi connectivity index (χ3n) is 4.00. The van der Waals surface area contributed by atoms with Crippen LogP contribution in [0, 0.1) is 19.7 Å². The minimum Gasteiger partial charge on any atom is -0.365 e. The molecule has 0 aliphatic rings. The molecule has 140 valence electrons. The number of rotatable bonds is 5. The van der Waals surface area contributed by atoms with Crippen molar-refractivity contribution >= 4 is 40.4 Å². The largest absolute Gasteiger partial charge is 0.365 e. The molecule has 3 aromatic rings. The third-order valence-corrected chi connectivity index (χ3v) is 4.30. The van der Waals surface area contributed by atoms with Crippen LogP contribution in [0.1, 0.15) is 21.6 Å². The molecule has 4 N–H and O–H groups in total. The molecule has 3 rings (SSSR count). The highest BCUT2D eigenvalue weighted by Gasteiger charge is 2.18. The van der Waals surface area contributed by atoms with Crippen molar-refractivity contribution in [2.45, 2.75) is 13.8 Å². The molecule has 2 aromatic heterocycles. The summed E-state index contributed by atoms with van der Waals surface area (Å²) in [5, 5.41) is 10.7. The maximum absolute atomic E-state index is 14.1. The number of hydrogen-bond acceptors (Lipinski definition) is 5. The molecule has 0 atom stereocenters. The molecule has 0 unspecified atom stereocenters. The fourth-order valence-corrected chi connectivity index (χ4v) is 2.83. The Kier molecular flexibility index (Phi) is 5.00. The van der Waals surface area contributed by atoms with Gasteiger partial charge >= 0.3 is 0 Å². The van der Waals surface area contributed by atoms with Gasteiger partial charge in [-0.3, -0.25) is 9.48 Å². The van der Waals surface area contributed by atoms with E-state index < -0.39 is 11.7 Å². The molecule has 27 heavy (non-hydrogen) atoms. The monoisotopic (exact) mass is 388 g/mol. The van der Waals surface area contributed by atoms with Crippen LogP contribution in [-0.4, -0.2) is 20.7 Å². The van der Waals surface area contributed by atoms with Crippen molar-refractivity contribution in [1.29, 1.82) is 0 Å². The number of aryl methyl sites for hydroxylation is 3. The van der Waals surface area contributed by atoms with Gasteiger partial charge in [-0.2, -0.15) is 5.10 Å². The third kappa shape index (κ3) is 3.85. The Balaban J connectivity index is 1.98. The lowest BCUT2D eigenvalue weighted by Gasteiger charge is -2.16. The maximum atomic E-state index is 14.1. The molecule has 2 heterocycles. The van der Waals surface area contributed by atoms with Crippen LogP contribution in [0.25, 0.3) is 0 Å². The van der Waals surface area contributed by atoms with Gasteiger partial charge in [0.2, 0.25) is 0 Å². The van der Waals surface area contributed by atoms with E-state index in [1.54, 1.807) is 23.7 Å². The summed E-state index contributed by atoms with van der Waals surface area (Å²) in [5.41, 5.74) is 8.08. The predicted molar refractivity (Wildman–Crippen MR) is 103 cm³/mol. The van der Waals surface area contributed by atoms with E-state index in [1.165, 1.54) is 12.3 Å². The number of nitrogens with zero attached hydrogens (tertiary/aromatic N) is 3. The van der Waals surface area contributed by atoms with E-state index >= 15 is 0 Å². The van der Waals surface area contributed by atoms with Gasteiger partial charge in [-0.05, 0) is 25.5 Å². The first kappa shape index (κ1) is 18.7. The van der Waals surface area contributed by atoms with Crippen LogP contribution in [0.5, 0.6) is 0 Å². The fraction of sp³-hybridized carbons (Fsp3) is 0.167. The van der Waals surface area contributed by atoms with Gasteiger partial charge in [-0.25, -0.2) is 9.37 Å². The zero-order valence-corrected chi connectivity index (χ0v) is 15.7. The molecule has 0 aliphatic carbocycles. The maximum Gasteiger partial charge on any atom is 0.253 e. The van der Waals surface area contributed by atoms with E-state index in [1.807, 2.05) is 20.2 Å². The van der Waals surface area contributed by atoms with Crippen molar-refractivity contribution in [3.8, 4) is 0 Å². The molecule has 0 spiro atoms. The number of hydrogen-bond donors (Lipinski definition) is 3. The Bertz CT molecular complexity index is 1030. The molecule has 0 fully saturated rings. The van der Waals surface area contributed by atoms with Crippen LogP contribution in [0.2, 0.25) is 5.02 Å². The number of nitrogens with two attached hydrogens (primary N) is 1. The first-order valence-electron chi connectivity index (χ1n) is 8.05. The Labute approximate surface area is 160 Å². The summed E-state index contributed by atoms with van der Waals surface area (Å²) in [5.74, 6) is -1.06. The predicted octanol–water partition coefficient (Wildman–Crippen LogP) is 3.81. The Morgan fingerprint density at radius 2 is 2.00 bits per heavy atom. The molecule has 0 radical (unpaired) electrons. The molecule has 0 saturated carbocycles. The number of pyridine rings is 1. The number of carbonyl (C=O) groups excluding carboxylic acids is 1. The normalized spacial score (nSPS) is 10.7. The lowest BCUT2D eigenvalue weighted by molar-refractivity contribution is 0.0997. The van der Waals surface area contributed by atoms with Crippen LogP contribution >= 0.6 is 11.6 Å². The first-order valence-corrected chi connectivity index (χ1v) is 8.42. The number of benzene rings is 1.